The molecule has 1 heterocycles. The second-order valence-corrected chi connectivity index (χ2v) is 4.84. The van der Waals surface area contributed by atoms with Crippen LogP contribution in [-0.4, -0.2) is 22.4 Å². The van der Waals surface area contributed by atoms with Gasteiger partial charge in [-0.15, -0.1) is 0 Å². The summed E-state index contributed by atoms with van der Waals surface area (Å²) in [5.41, 5.74) is 1.28. The molecular formula is C17H14FN3O. The summed E-state index contributed by atoms with van der Waals surface area (Å²) < 4.78 is 13.8. The van der Waals surface area contributed by atoms with Crippen molar-refractivity contribution < 1.29 is 9.18 Å². The number of benzene rings is 2. The molecule has 3 aromatic rings. The SMILES string of the molecule is O=C(NCCc1cnccn1)c1ccc(F)c2ccccc12. The molecule has 0 saturated carbocycles. The van der Waals surface area contributed by atoms with Crippen LogP contribution < -0.4 is 5.32 Å². The topological polar surface area (TPSA) is 54.9 Å². The van der Waals surface area contributed by atoms with Gasteiger partial charge in [-0.3, -0.25) is 14.8 Å². The monoisotopic (exact) mass is 295 g/mol. The van der Waals surface area contributed by atoms with Crippen molar-refractivity contribution in [2.45, 2.75) is 6.42 Å². The molecule has 2 aromatic carbocycles. The Labute approximate surface area is 127 Å². The molecular weight excluding hydrogens is 281 g/mol. The van der Waals surface area contributed by atoms with Crippen molar-refractivity contribution in [2.24, 2.45) is 0 Å². The Bertz CT molecular complexity index is 805. The van der Waals surface area contributed by atoms with E-state index in [0.29, 0.717) is 29.3 Å². The highest BCUT2D eigenvalue weighted by Gasteiger charge is 2.11. The molecule has 0 saturated heterocycles. The average Bonchev–Trinajstić information content (AvgIpc) is 2.56. The first kappa shape index (κ1) is 14.1. The smallest absolute Gasteiger partial charge is 0.251 e. The van der Waals surface area contributed by atoms with E-state index < -0.39 is 0 Å². The van der Waals surface area contributed by atoms with Gasteiger partial charge in [0.05, 0.1) is 5.69 Å². The van der Waals surface area contributed by atoms with Gasteiger partial charge in [0, 0.05) is 42.5 Å². The molecule has 0 radical (unpaired) electrons. The van der Waals surface area contributed by atoms with E-state index >= 15 is 0 Å². The van der Waals surface area contributed by atoms with Crippen molar-refractivity contribution in [2.75, 3.05) is 6.54 Å². The van der Waals surface area contributed by atoms with Crippen molar-refractivity contribution >= 4 is 16.7 Å². The Hall–Kier alpha value is -2.82. The quantitative estimate of drug-likeness (QED) is 0.805. The van der Waals surface area contributed by atoms with Crippen LogP contribution in [0, 0.1) is 5.82 Å². The average molecular weight is 295 g/mol. The number of aromatic nitrogens is 2. The molecule has 1 amide bonds. The zero-order chi connectivity index (χ0) is 15.4. The largest absolute Gasteiger partial charge is 0.352 e. The third-order valence-corrected chi connectivity index (χ3v) is 3.40. The Morgan fingerprint density at radius 2 is 1.91 bits per heavy atom. The Morgan fingerprint density at radius 1 is 1.09 bits per heavy atom. The lowest BCUT2D eigenvalue weighted by atomic mass is 10.0. The fourth-order valence-corrected chi connectivity index (χ4v) is 2.32. The number of carbonyl (C=O) groups excluding carboxylic acids is 1. The van der Waals surface area contributed by atoms with Crippen LogP contribution in [0.4, 0.5) is 4.39 Å². The molecule has 5 heteroatoms. The van der Waals surface area contributed by atoms with Gasteiger partial charge in [-0.25, -0.2) is 4.39 Å². The van der Waals surface area contributed by atoms with Crippen LogP contribution >= 0.6 is 0 Å². The van der Waals surface area contributed by atoms with Gasteiger partial charge in [0.25, 0.3) is 5.91 Å². The number of nitrogens with one attached hydrogen (secondary N) is 1. The van der Waals surface area contributed by atoms with E-state index in [2.05, 4.69) is 15.3 Å². The molecule has 3 rings (SSSR count). The van der Waals surface area contributed by atoms with E-state index in [4.69, 9.17) is 0 Å². The molecule has 0 aliphatic carbocycles. The van der Waals surface area contributed by atoms with Gasteiger partial charge in [0.2, 0.25) is 0 Å². The Balaban J connectivity index is 1.74. The minimum absolute atomic E-state index is 0.222. The first-order valence-electron chi connectivity index (χ1n) is 6.96. The van der Waals surface area contributed by atoms with E-state index in [1.54, 1.807) is 42.9 Å². The number of hydrogen-bond acceptors (Lipinski definition) is 3. The van der Waals surface area contributed by atoms with Gasteiger partial charge in [0.1, 0.15) is 5.82 Å². The van der Waals surface area contributed by atoms with Crippen molar-refractivity contribution in [3.63, 3.8) is 0 Å². The van der Waals surface area contributed by atoms with Crippen LogP contribution in [0.25, 0.3) is 10.8 Å². The van der Waals surface area contributed by atoms with Gasteiger partial charge in [0.15, 0.2) is 0 Å². The molecule has 0 aliphatic rings. The van der Waals surface area contributed by atoms with Crippen LogP contribution in [0.1, 0.15) is 16.1 Å². The highest BCUT2D eigenvalue weighted by molar-refractivity contribution is 6.07. The van der Waals surface area contributed by atoms with Gasteiger partial charge in [-0.1, -0.05) is 24.3 Å². The summed E-state index contributed by atoms with van der Waals surface area (Å²) in [6, 6.07) is 9.78. The minimum atomic E-state index is -0.327. The maximum Gasteiger partial charge on any atom is 0.251 e. The summed E-state index contributed by atoms with van der Waals surface area (Å²) in [7, 11) is 0. The summed E-state index contributed by atoms with van der Waals surface area (Å²) in [6.07, 6.45) is 5.48. The zero-order valence-electron chi connectivity index (χ0n) is 11.8. The summed E-state index contributed by atoms with van der Waals surface area (Å²) in [5.74, 6) is -0.549. The van der Waals surface area contributed by atoms with Crippen molar-refractivity contribution in [3.05, 3.63) is 72.1 Å². The number of halogens is 1. The van der Waals surface area contributed by atoms with Gasteiger partial charge >= 0.3 is 0 Å². The highest BCUT2D eigenvalue weighted by Crippen LogP contribution is 2.21. The van der Waals surface area contributed by atoms with Crippen molar-refractivity contribution in [1.82, 2.24) is 15.3 Å². The Kier molecular flexibility index (Phi) is 4.05. The molecule has 22 heavy (non-hydrogen) atoms. The van der Waals surface area contributed by atoms with E-state index in [0.717, 1.165) is 5.69 Å². The first-order valence-corrected chi connectivity index (χ1v) is 6.96. The number of hydrogen-bond donors (Lipinski definition) is 1. The van der Waals surface area contributed by atoms with Crippen LogP contribution in [-0.2, 0) is 6.42 Å². The maximum atomic E-state index is 13.8. The van der Waals surface area contributed by atoms with Crippen LogP contribution in [0.5, 0.6) is 0 Å². The van der Waals surface area contributed by atoms with Gasteiger partial charge in [-0.2, -0.15) is 0 Å². The number of carbonyl (C=O) groups is 1. The predicted octanol–water partition coefficient (Wildman–Crippen LogP) is 2.74. The third-order valence-electron chi connectivity index (χ3n) is 3.40. The molecule has 0 fully saturated rings. The lowest BCUT2D eigenvalue weighted by Gasteiger charge is -2.08. The molecule has 0 bridgehead atoms. The lowest BCUT2D eigenvalue weighted by Crippen LogP contribution is -2.26. The molecule has 0 unspecified atom stereocenters. The second kappa shape index (κ2) is 6.30. The highest BCUT2D eigenvalue weighted by atomic mass is 19.1. The molecule has 0 atom stereocenters. The van der Waals surface area contributed by atoms with E-state index in [1.807, 2.05) is 0 Å². The number of nitrogens with zero attached hydrogens (tertiary/aromatic N) is 2. The molecule has 4 nitrogen and oxygen atoms in total. The zero-order valence-corrected chi connectivity index (χ0v) is 11.8. The van der Waals surface area contributed by atoms with E-state index in [-0.39, 0.29) is 11.7 Å². The third kappa shape index (κ3) is 2.93. The summed E-state index contributed by atoms with van der Waals surface area (Å²) in [4.78, 5) is 20.4. The maximum absolute atomic E-state index is 13.8. The first-order chi connectivity index (χ1) is 10.8. The second-order valence-electron chi connectivity index (χ2n) is 4.84. The fourth-order valence-electron chi connectivity index (χ4n) is 2.32. The molecule has 1 N–H and O–H groups in total. The molecule has 0 spiro atoms. The van der Waals surface area contributed by atoms with Crippen LogP contribution in [0.2, 0.25) is 0 Å². The van der Waals surface area contributed by atoms with Crippen molar-refractivity contribution in [3.8, 4) is 0 Å². The fraction of sp³-hybridized carbons (Fsp3) is 0.118. The number of fused-ring (bicyclic) bond motifs is 1. The predicted molar refractivity (Wildman–Crippen MR) is 82.0 cm³/mol. The Morgan fingerprint density at radius 3 is 2.68 bits per heavy atom. The lowest BCUT2D eigenvalue weighted by molar-refractivity contribution is 0.0955. The van der Waals surface area contributed by atoms with Gasteiger partial charge < -0.3 is 5.32 Å². The summed E-state index contributed by atoms with van der Waals surface area (Å²) in [5, 5.41) is 3.89. The van der Waals surface area contributed by atoms with E-state index in [9.17, 15) is 9.18 Å². The van der Waals surface area contributed by atoms with Crippen LogP contribution in [0.3, 0.4) is 0 Å². The van der Waals surface area contributed by atoms with Gasteiger partial charge in [-0.05, 0) is 17.5 Å². The van der Waals surface area contributed by atoms with Crippen molar-refractivity contribution in [1.29, 1.82) is 0 Å². The molecule has 110 valence electrons. The van der Waals surface area contributed by atoms with Crippen LogP contribution in [0.15, 0.2) is 55.0 Å². The molecule has 1 aromatic heterocycles. The minimum Gasteiger partial charge on any atom is -0.352 e. The standard InChI is InChI=1S/C17H14FN3O/c18-16-6-5-15(13-3-1-2-4-14(13)16)17(22)21-8-7-12-11-19-9-10-20-12/h1-6,9-11H,7-8H2,(H,21,22). The summed E-state index contributed by atoms with van der Waals surface area (Å²) >= 11 is 0. The normalized spacial score (nSPS) is 10.6. The molecule has 0 aliphatic heterocycles. The number of amides is 1. The van der Waals surface area contributed by atoms with E-state index in [1.165, 1.54) is 12.1 Å². The number of rotatable bonds is 4. The summed E-state index contributed by atoms with van der Waals surface area (Å²) in [6.45, 7) is 0.448.